The summed E-state index contributed by atoms with van der Waals surface area (Å²) < 4.78 is 39.2. The largest absolute Gasteiger partial charge is 0.394 e. The maximum absolute atomic E-state index is 14.3. The normalized spacial score (nSPS) is 27.5. The minimum absolute atomic E-state index is 0.0920. The molecule has 17 atom stereocenters. The highest BCUT2D eigenvalue weighted by molar-refractivity contribution is 5.92. The van der Waals surface area contributed by atoms with Crippen molar-refractivity contribution in [2.45, 2.75) is 261 Å². The molecule has 3 saturated heterocycles. The highest BCUT2D eigenvalue weighted by Gasteiger charge is 2.46. The number of rotatable bonds is 49. The quantitative estimate of drug-likeness (QED) is 0.0349. The van der Waals surface area contributed by atoms with E-state index in [1.807, 2.05) is 0 Å². The first kappa shape index (κ1) is 80.3. The minimum Gasteiger partial charge on any atom is -0.394 e. The molecule has 0 spiro atoms. The van der Waals surface area contributed by atoms with Crippen molar-refractivity contribution in [2.75, 3.05) is 73.0 Å². The highest BCUT2D eigenvalue weighted by Crippen LogP contribution is 2.29. The van der Waals surface area contributed by atoms with Crippen LogP contribution < -0.4 is 26.6 Å². The fourth-order valence-electron chi connectivity index (χ4n) is 11.0. The summed E-state index contributed by atoms with van der Waals surface area (Å²) in [5.41, 5.74) is 0. The van der Waals surface area contributed by atoms with Crippen LogP contribution in [0.4, 0.5) is 0 Å². The SMILES string of the molecule is COCCC(=O)CCCCCNC(=O)C(CCCCNC(=O)CCCCCO[C@@H]1OC(CO)[C@H](O)[C@H](O)C1NC(C)=O)CC(=O)C(CCCCNC(=O)CCCCCO[C@@H]1OC(CO)[C@H](O)[C@H](O)C1C)NC(=O)CCCCCO[C@@H]1OC(CO)[C@H](O)[C@H](O)C1C. The van der Waals surface area contributed by atoms with Crippen LogP contribution in [0.5, 0.6) is 0 Å². The number of carbonyl (C=O) groups excluding carboxylic acids is 7. The molecule has 28 nitrogen and oxygen atoms in total. The molecule has 14 N–H and O–H groups in total. The van der Waals surface area contributed by atoms with Gasteiger partial charge in [0, 0.05) is 110 Å². The fourth-order valence-corrected chi connectivity index (χ4v) is 11.0. The second-order valence-corrected chi connectivity index (χ2v) is 24.2. The van der Waals surface area contributed by atoms with Crippen molar-refractivity contribution in [3.05, 3.63) is 0 Å². The van der Waals surface area contributed by atoms with Crippen molar-refractivity contribution < 1.29 is 113 Å². The molecule has 0 saturated carbocycles. The zero-order chi connectivity index (χ0) is 66.4. The molecule has 5 amide bonds. The lowest BCUT2D eigenvalue weighted by Gasteiger charge is -2.42. The summed E-state index contributed by atoms with van der Waals surface area (Å²) in [5.74, 6) is -3.53. The number of carbonyl (C=O) groups is 7. The molecule has 3 aliphatic heterocycles. The predicted octanol–water partition coefficient (Wildman–Crippen LogP) is -0.273. The fraction of sp³-hybridized carbons (Fsp3) is 0.887. The standard InChI is InChI=1S/C62H111N5O23/c1-39-53(77)55(79)46(36-68)88-60(39)85-31-18-6-10-24-50(75)64-29-17-14-23-44(67-51(76)26-12-8-19-32-86-61-40(2)54(78)56(80)47(37-69)89-61)45(73)35-42(59(83)65-30-15-5-9-22-43(72)27-34-84-4)21-13-16-28-63-49(74)25-11-7-20-33-87-62-52(66-41(3)71)58(82)57(81)48(38-70)90-62/h39-40,42,44,46-48,52-58,60-62,68-70,77-82H,5-38H2,1-4H3,(H,63,74)(H,64,75)(H,65,83)(H,66,71)(H,67,76)/t39?,40?,42?,44?,46?,47?,48?,52?,53-,54-,55+,56+,57+,58-,60-,61-,62-/m1/s1. The molecule has 0 bridgehead atoms. The Morgan fingerprint density at radius 1 is 0.456 bits per heavy atom. The van der Waals surface area contributed by atoms with Gasteiger partial charge in [0.2, 0.25) is 29.5 Å². The monoisotopic (exact) mass is 1290 g/mol. The van der Waals surface area contributed by atoms with Gasteiger partial charge in [-0.25, -0.2) is 0 Å². The van der Waals surface area contributed by atoms with Crippen molar-refractivity contribution in [3.63, 3.8) is 0 Å². The Balaban J connectivity index is 1.55. The number of Topliss-reactive ketones (excluding diaryl/α,β-unsaturated/α-hetero) is 2. The van der Waals surface area contributed by atoms with Crippen molar-refractivity contribution in [1.29, 1.82) is 0 Å². The van der Waals surface area contributed by atoms with Crippen LogP contribution in [0.1, 0.15) is 175 Å². The number of unbranched alkanes of at least 4 members (excludes halogenated alkanes) is 10. The Morgan fingerprint density at radius 3 is 1.37 bits per heavy atom. The molecule has 0 aromatic heterocycles. The summed E-state index contributed by atoms with van der Waals surface area (Å²) in [6, 6.07) is -1.99. The Kier molecular flexibility index (Phi) is 41.2. The van der Waals surface area contributed by atoms with Gasteiger partial charge in [-0.2, -0.15) is 0 Å². The maximum atomic E-state index is 14.3. The van der Waals surface area contributed by atoms with E-state index in [-0.39, 0.29) is 80.5 Å². The molecule has 0 aromatic carbocycles. The van der Waals surface area contributed by atoms with E-state index < -0.39 is 129 Å². The second kappa shape index (κ2) is 46.2. The van der Waals surface area contributed by atoms with Gasteiger partial charge in [-0.1, -0.05) is 46.0 Å². The van der Waals surface area contributed by atoms with Gasteiger partial charge in [0.15, 0.2) is 24.7 Å². The number of amides is 5. The van der Waals surface area contributed by atoms with Crippen LogP contribution in [0.25, 0.3) is 0 Å². The number of ketones is 2. The molecular weight excluding hydrogens is 1180 g/mol. The lowest BCUT2D eigenvalue weighted by molar-refractivity contribution is -0.282. The van der Waals surface area contributed by atoms with E-state index in [2.05, 4.69) is 26.6 Å². The number of hydrogen-bond donors (Lipinski definition) is 14. The van der Waals surface area contributed by atoms with Crippen molar-refractivity contribution >= 4 is 41.1 Å². The first-order chi connectivity index (χ1) is 43.2. The van der Waals surface area contributed by atoms with Crippen LogP contribution in [0.15, 0.2) is 0 Å². The van der Waals surface area contributed by atoms with Crippen LogP contribution in [-0.2, 0) is 66.7 Å². The predicted molar refractivity (Wildman–Crippen MR) is 324 cm³/mol. The van der Waals surface area contributed by atoms with Crippen molar-refractivity contribution in [3.8, 4) is 0 Å². The van der Waals surface area contributed by atoms with Gasteiger partial charge < -0.3 is 106 Å². The lowest BCUT2D eigenvalue weighted by atomic mass is 9.91. The van der Waals surface area contributed by atoms with E-state index in [0.29, 0.717) is 155 Å². The van der Waals surface area contributed by atoms with Gasteiger partial charge in [0.05, 0.1) is 44.7 Å². The summed E-state index contributed by atoms with van der Waals surface area (Å²) >= 11 is 0. The molecule has 0 aromatic rings. The van der Waals surface area contributed by atoms with Gasteiger partial charge in [0.1, 0.15) is 54.6 Å². The average Bonchev–Trinajstić information content (AvgIpc) is 1.89. The molecule has 0 radical (unpaired) electrons. The average molecular weight is 1290 g/mol. The maximum Gasteiger partial charge on any atom is 0.223 e. The molecule has 8 unspecified atom stereocenters. The third-order valence-electron chi connectivity index (χ3n) is 16.7. The molecule has 3 heterocycles. The summed E-state index contributed by atoms with van der Waals surface area (Å²) in [7, 11) is 1.54. The van der Waals surface area contributed by atoms with Crippen LogP contribution in [0.3, 0.4) is 0 Å². The van der Waals surface area contributed by atoms with E-state index in [9.17, 15) is 79.5 Å². The van der Waals surface area contributed by atoms with Gasteiger partial charge >= 0.3 is 0 Å². The van der Waals surface area contributed by atoms with Gasteiger partial charge in [0.25, 0.3) is 0 Å². The zero-order valence-corrected chi connectivity index (χ0v) is 53.6. The molecule has 3 aliphatic rings. The molecule has 28 heteroatoms. The number of aliphatic hydroxyl groups excluding tert-OH is 9. The number of aliphatic hydroxyl groups is 9. The van der Waals surface area contributed by atoms with E-state index >= 15 is 0 Å². The van der Waals surface area contributed by atoms with E-state index in [1.54, 1.807) is 13.8 Å². The van der Waals surface area contributed by atoms with Crippen LogP contribution in [0, 0.1) is 17.8 Å². The Morgan fingerprint density at radius 2 is 0.878 bits per heavy atom. The van der Waals surface area contributed by atoms with E-state index in [4.69, 9.17) is 33.2 Å². The lowest BCUT2D eigenvalue weighted by Crippen LogP contribution is -2.64. The van der Waals surface area contributed by atoms with Crippen molar-refractivity contribution in [1.82, 2.24) is 26.6 Å². The highest BCUT2D eigenvalue weighted by atomic mass is 16.7. The first-order valence-corrected chi connectivity index (χ1v) is 32.8. The molecule has 0 aliphatic carbocycles. The van der Waals surface area contributed by atoms with Gasteiger partial charge in [-0.15, -0.1) is 0 Å². The minimum atomic E-state index is -1.43. The Hall–Kier alpha value is -3.95. The van der Waals surface area contributed by atoms with Crippen LogP contribution >= 0.6 is 0 Å². The Bertz CT molecular complexity index is 2050. The summed E-state index contributed by atoms with van der Waals surface area (Å²) in [6.45, 7) is 5.08. The number of nitrogens with one attached hydrogen (secondary N) is 5. The molecule has 90 heavy (non-hydrogen) atoms. The second-order valence-electron chi connectivity index (χ2n) is 24.2. The topological polar surface area (TPSA) is 426 Å². The number of methoxy groups -OCH3 is 1. The van der Waals surface area contributed by atoms with Crippen LogP contribution in [-0.4, -0.2) is 246 Å². The van der Waals surface area contributed by atoms with E-state index in [0.717, 1.165) is 0 Å². The molecule has 3 rings (SSSR count). The summed E-state index contributed by atoms with van der Waals surface area (Å²) in [6.07, 6.45) is -2.71. The Labute approximate surface area is 530 Å². The number of ether oxygens (including phenoxy) is 7. The third kappa shape index (κ3) is 30.4. The zero-order valence-electron chi connectivity index (χ0n) is 53.6. The summed E-state index contributed by atoms with van der Waals surface area (Å²) in [5, 5.41) is 105. The molecular formula is C62H111N5O23. The smallest absolute Gasteiger partial charge is 0.223 e. The van der Waals surface area contributed by atoms with Gasteiger partial charge in [-0.3, -0.25) is 33.6 Å². The van der Waals surface area contributed by atoms with Crippen LogP contribution in [0.2, 0.25) is 0 Å². The molecule has 522 valence electrons. The third-order valence-corrected chi connectivity index (χ3v) is 16.7. The van der Waals surface area contributed by atoms with E-state index in [1.165, 1.54) is 14.0 Å². The molecule has 3 fully saturated rings. The summed E-state index contributed by atoms with van der Waals surface area (Å²) in [4.78, 5) is 91.2. The van der Waals surface area contributed by atoms with Gasteiger partial charge in [-0.05, 0) is 83.5 Å². The first-order valence-electron chi connectivity index (χ1n) is 32.8. The van der Waals surface area contributed by atoms with Crippen molar-refractivity contribution in [2.24, 2.45) is 17.8 Å². The number of hydrogen-bond acceptors (Lipinski definition) is 23.